The van der Waals surface area contributed by atoms with Crippen LogP contribution in [-0.4, -0.2) is 11.2 Å². The Kier molecular flexibility index (Phi) is 2.84. The highest BCUT2D eigenvalue weighted by Gasteiger charge is 2.04. The molecule has 2 rings (SSSR count). The number of rotatable bonds is 3. The van der Waals surface area contributed by atoms with E-state index in [9.17, 15) is 0 Å². The fraction of sp³-hybridized carbons (Fsp3) is 0.100. The van der Waals surface area contributed by atoms with Crippen molar-refractivity contribution in [3.63, 3.8) is 0 Å². The summed E-state index contributed by atoms with van der Waals surface area (Å²) < 4.78 is 5.48. The minimum absolute atomic E-state index is 0.647. The molecule has 0 N–H and O–H groups in total. The van der Waals surface area contributed by atoms with E-state index in [2.05, 4.69) is 11.6 Å². The quantitative estimate of drug-likeness (QED) is 0.739. The first kappa shape index (κ1) is 9.68. The van der Waals surface area contributed by atoms with Crippen molar-refractivity contribution in [2.45, 2.75) is 10.1 Å². The van der Waals surface area contributed by atoms with E-state index in [1.165, 1.54) is 16.7 Å². The van der Waals surface area contributed by atoms with Crippen molar-refractivity contribution in [2.75, 3.05) is 6.26 Å². The van der Waals surface area contributed by atoms with Crippen molar-refractivity contribution >= 4 is 34.6 Å². The summed E-state index contributed by atoms with van der Waals surface area (Å²) >= 11 is 3.09. The lowest BCUT2D eigenvalue weighted by Crippen LogP contribution is -1.70. The van der Waals surface area contributed by atoms with E-state index in [-0.39, 0.29) is 0 Å². The SMILES string of the molecule is C=CSc1nc2cc(SC)ccc2o1. The smallest absolute Gasteiger partial charge is 0.261 e. The van der Waals surface area contributed by atoms with E-state index in [0.29, 0.717) is 5.22 Å². The molecule has 0 atom stereocenters. The number of thioether (sulfide) groups is 2. The van der Waals surface area contributed by atoms with Crippen molar-refractivity contribution in [1.82, 2.24) is 4.98 Å². The van der Waals surface area contributed by atoms with Crippen LogP contribution in [0.1, 0.15) is 0 Å². The first-order chi connectivity index (χ1) is 6.83. The number of hydrogen-bond donors (Lipinski definition) is 0. The molecule has 14 heavy (non-hydrogen) atoms. The molecule has 1 aromatic heterocycles. The zero-order chi connectivity index (χ0) is 9.97. The molecule has 0 bridgehead atoms. The Balaban J connectivity index is 2.48. The lowest BCUT2D eigenvalue weighted by atomic mass is 10.3. The molecule has 0 unspecified atom stereocenters. The van der Waals surface area contributed by atoms with Gasteiger partial charge in [0, 0.05) is 4.90 Å². The fourth-order valence-corrected chi connectivity index (χ4v) is 2.00. The van der Waals surface area contributed by atoms with E-state index in [4.69, 9.17) is 4.42 Å². The third-order valence-electron chi connectivity index (χ3n) is 1.76. The van der Waals surface area contributed by atoms with Crippen molar-refractivity contribution in [1.29, 1.82) is 0 Å². The topological polar surface area (TPSA) is 26.0 Å². The van der Waals surface area contributed by atoms with Gasteiger partial charge in [0.25, 0.3) is 5.22 Å². The summed E-state index contributed by atoms with van der Waals surface area (Å²) in [7, 11) is 0. The van der Waals surface area contributed by atoms with Gasteiger partial charge in [-0.2, -0.15) is 0 Å². The highest BCUT2D eigenvalue weighted by Crippen LogP contribution is 2.26. The Morgan fingerprint density at radius 2 is 2.36 bits per heavy atom. The summed E-state index contributed by atoms with van der Waals surface area (Å²) in [6, 6.07) is 6.00. The van der Waals surface area contributed by atoms with E-state index in [1.807, 2.05) is 24.5 Å². The van der Waals surface area contributed by atoms with Gasteiger partial charge in [-0.15, -0.1) is 11.8 Å². The fourth-order valence-electron chi connectivity index (χ4n) is 1.13. The van der Waals surface area contributed by atoms with E-state index in [0.717, 1.165) is 11.1 Å². The zero-order valence-corrected chi connectivity index (χ0v) is 9.32. The minimum atomic E-state index is 0.647. The van der Waals surface area contributed by atoms with Gasteiger partial charge < -0.3 is 4.42 Å². The average molecular weight is 223 g/mol. The molecule has 72 valence electrons. The normalized spacial score (nSPS) is 10.6. The molecule has 0 aliphatic rings. The van der Waals surface area contributed by atoms with Gasteiger partial charge in [-0.1, -0.05) is 6.58 Å². The van der Waals surface area contributed by atoms with Gasteiger partial charge in [0.1, 0.15) is 5.52 Å². The van der Waals surface area contributed by atoms with E-state index < -0.39 is 0 Å². The molecule has 0 saturated heterocycles. The maximum atomic E-state index is 5.48. The Bertz CT molecular complexity index is 464. The molecule has 0 radical (unpaired) electrons. The largest absolute Gasteiger partial charge is 0.431 e. The van der Waals surface area contributed by atoms with Gasteiger partial charge in [-0.05, 0) is 41.6 Å². The molecule has 0 aliphatic heterocycles. The molecule has 0 aliphatic carbocycles. The highest BCUT2D eigenvalue weighted by atomic mass is 32.2. The molecule has 0 amide bonds. The van der Waals surface area contributed by atoms with Crippen LogP contribution >= 0.6 is 23.5 Å². The van der Waals surface area contributed by atoms with Gasteiger partial charge in [0.05, 0.1) is 0 Å². The van der Waals surface area contributed by atoms with Crippen molar-refractivity contribution in [3.8, 4) is 0 Å². The molecule has 2 nitrogen and oxygen atoms in total. The number of aromatic nitrogens is 1. The zero-order valence-electron chi connectivity index (χ0n) is 7.69. The molecular weight excluding hydrogens is 214 g/mol. The monoisotopic (exact) mass is 223 g/mol. The third kappa shape index (κ3) is 1.81. The minimum Gasteiger partial charge on any atom is -0.431 e. The number of benzene rings is 1. The van der Waals surface area contributed by atoms with Gasteiger partial charge in [0.2, 0.25) is 0 Å². The Morgan fingerprint density at radius 1 is 1.50 bits per heavy atom. The van der Waals surface area contributed by atoms with Crippen molar-refractivity contribution < 1.29 is 4.42 Å². The van der Waals surface area contributed by atoms with Crippen LogP contribution in [0, 0.1) is 0 Å². The Morgan fingerprint density at radius 3 is 3.07 bits per heavy atom. The van der Waals surface area contributed by atoms with Crippen LogP contribution in [-0.2, 0) is 0 Å². The lowest BCUT2D eigenvalue weighted by Gasteiger charge is -1.92. The number of hydrogen-bond acceptors (Lipinski definition) is 4. The van der Waals surface area contributed by atoms with Crippen LogP contribution in [0.25, 0.3) is 11.1 Å². The molecule has 2 aromatic rings. The maximum absolute atomic E-state index is 5.48. The second-order valence-electron chi connectivity index (χ2n) is 2.60. The van der Waals surface area contributed by atoms with Crippen molar-refractivity contribution in [2.24, 2.45) is 0 Å². The molecule has 1 aromatic carbocycles. The average Bonchev–Trinajstić information content (AvgIpc) is 2.59. The van der Waals surface area contributed by atoms with Crippen molar-refractivity contribution in [3.05, 3.63) is 30.2 Å². The summed E-state index contributed by atoms with van der Waals surface area (Å²) in [4.78, 5) is 5.52. The molecular formula is C10H9NOS2. The number of fused-ring (bicyclic) bond motifs is 1. The first-order valence-corrected chi connectivity index (χ1v) is 6.16. The predicted octanol–water partition coefficient (Wildman–Crippen LogP) is 3.79. The lowest BCUT2D eigenvalue weighted by molar-refractivity contribution is 0.490. The first-order valence-electron chi connectivity index (χ1n) is 4.05. The third-order valence-corrected chi connectivity index (χ3v) is 3.03. The number of nitrogens with zero attached hydrogens (tertiary/aromatic N) is 1. The molecule has 0 spiro atoms. The second-order valence-corrected chi connectivity index (χ2v) is 4.40. The Hall–Kier alpha value is -0.870. The van der Waals surface area contributed by atoms with Crippen LogP contribution < -0.4 is 0 Å². The van der Waals surface area contributed by atoms with Gasteiger partial charge in [-0.25, -0.2) is 4.98 Å². The van der Waals surface area contributed by atoms with Gasteiger partial charge >= 0.3 is 0 Å². The summed E-state index contributed by atoms with van der Waals surface area (Å²) in [6.07, 6.45) is 2.04. The second kappa shape index (κ2) is 4.11. The van der Waals surface area contributed by atoms with Crippen LogP contribution in [0.4, 0.5) is 0 Å². The summed E-state index contributed by atoms with van der Waals surface area (Å²) in [5.41, 5.74) is 1.73. The van der Waals surface area contributed by atoms with Gasteiger partial charge in [-0.3, -0.25) is 0 Å². The van der Waals surface area contributed by atoms with Gasteiger partial charge in [0.15, 0.2) is 5.58 Å². The number of oxazole rings is 1. The highest BCUT2D eigenvalue weighted by molar-refractivity contribution is 8.01. The summed E-state index contributed by atoms with van der Waals surface area (Å²) in [5.74, 6) is 0. The van der Waals surface area contributed by atoms with Crippen LogP contribution in [0.15, 0.2) is 44.7 Å². The molecule has 0 saturated carbocycles. The Labute approximate surface area is 90.8 Å². The molecule has 0 fully saturated rings. The van der Waals surface area contributed by atoms with Crippen LogP contribution in [0.5, 0.6) is 0 Å². The summed E-state index contributed by atoms with van der Waals surface area (Å²) in [5, 5.41) is 2.36. The maximum Gasteiger partial charge on any atom is 0.261 e. The standard InChI is InChI=1S/C10H9NOS2/c1-3-14-10-11-8-6-7(13-2)4-5-9(8)12-10/h3-6H,1H2,2H3. The summed E-state index contributed by atoms with van der Waals surface area (Å²) in [6.45, 7) is 3.62. The van der Waals surface area contributed by atoms with E-state index in [1.54, 1.807) is 17.2 Å². The van der Waals surface area contributed by atoms with Crippen LogP contribution in [0.3, 0.4) is 0 Å². The van der Waals surface area contributed by atoms with Crippen LogP contribution in [0.2, 0.25) is 0 Å². The molecule has 1 heterocycles. The van der Waals surface area contributed by atoms with E-state index >= 15 is 0 Å². The predicted molar refractivity (Wildman–Crippen MR) is 61.8 cm³/mol. The molecule has 4 heteroatoms.